The molecule has 11 heteroatoms. The van der Waals surface area contributed by atoms with E-state index in [1.165, 1.54) is 24.3 Å². The summed E-state index contributed by atoms with van der Waals surface area (Å²) in [5.41, 5.74) is 6.08. The number of carbonyl (C=O) groups excluding carboxylic acids is 1. The molecule has 0 aliphatic heterocycles. The molecule has 0 heterocycles. The van der Waals surface area contributed by atoms with Gasteiger partial charge in [-0.1, -0.05) is 12.1 Å². The van der Waals surface area contributed by atoms with Crippen LogP contribution in [0.4, 0.5) is 22.0 Å². The predicted molar refractivity (Wildman–Crippen MR) is 87.9 cm³/mol. The molecular formula is C17H22F5NO5. The van der Waals surface area contributed by atoms with Crippen molar-refractivity contribution in [2.75, 3.05) is 13.2 Å². The molecule has 0 aliphatic rings. The molecule has 0 amide bonds. The molecule has 6 nitrogen and oxygen atoms in total. The highest BCUT2D eigenvalue weighted by Gasteiger charge is 2.58. The zero-order valence-electron chi connectivity index (χ0n) is 15.0. The van der Waals surface area contributed by atoms with Crippen molar-refractivity contribution in [2.24, 2.45) is 5.73 Å². The van der Waals surface area contributed by atoms with Crippen LogP contribution in [0.15, 0.2) is 24.3 Å². The molecule has 3 unspecified atom stereocenters. The van der Waals surface area contributed by atoms with Crippen LogP contribution < -0.4 is 10.5 Å². The van der Waals surface area contributed by atoms with Gasteiger partial charge in [-0.15, -0.1) is 0 Å². The van der Waals surface area contributed by atoms with Crippen molar-refractivity contribution in [3.63, 3.8) is 0 Å². The fourth-order valence-corrected chi connectivity index (χ4v) is 2.11. The van der Waals surface area contributed by atoms with Crippen LogP contribution in [0.25, 0.3) is 0 Å². The first-order valence-corrected chi connectivity index (χ1v) is 8.33. The molecule has 3 atom stereocenters. The number of halogens is 5. The summed E-state index contributed by atoms with van der Waals surface area (Å²) >= 11 is 0. The number of aliphatic hydroxyl groups is 2. The Labute approximate surface area is 158 Å². The van der Waals surface area contributed by atoms with Crippen LogP contribution in [0.2, 0.25) is 0 Å². The largest absolute Gasteiger partial charge is 0.487 e. The van der Waals surface area contributed by atoms with Gasteiger partial charge in [-0.25, -0.2) is 0 Å². The summed E-state index contributed by atoms with van der Waals surface area (Å²) in [6.45, 7) is -0.212. The Balaban J connectivity index is 2.53. The molecule has 28 heavy (non-hydrogen) atoms. The van der Waals surface area contributed by atoms with E-state index >= 15 is 0 Å². The number of hydrogen-bond donors (Lipinski definition) is 3. The Bertz CT molecular complexity index is 623. The Kier molecular flexibility index (Phi) is 8.58. The van der Waals surface area contributed by atoms with E-state index in [0.717, 1.165) is 0 Å². The molecule has 160 valence electrons. The van der Waals surface area contributed by atoms with Crippen molar-refractivity contribution in [1.82, 2.24) is 0 Å². The van der Waals surface area contributed by atoms with Crippen molar-refractivity contribution in [3.05, 3.63) is 29.8 Å². The smallest absolute Gasteiger partial charge is 0.456 e. The molecular weight excluding hydrogens is 393 g/mol. The number of carbonyl (C=O) groups is 1. The number of hydrogen-bond acceptors (Lipinski definition) is 6. The lowest BCUT2D eigenvalue weighted by Crippen LogP contribution is -2.49. The molecule has 0 saturated heterocycles. The van der Waals surface area contributed by atoms with Crippen molar-refractivity contribution >= 4 is 5.97 Å². The summed E-state index contributed by atoms with van der Waals surface area (Å²) in [5.74, 6) is -6.01. The summed E-state index contributed by atoms with van der Waals surface area (Å²) in [6.07, 6.45) is -8.35. The van der Waals surface area contributed by atoms with Gasteiger partial charge in [0.1, 0.15) is 17.9 Å². The van der Waals surface area contributed by atoms with Crippen molar-refractivity contribution in [2.45, 2.75) is 50.1 Å². The van der Waals surface area contributed by atoms with E-state index in [9.17, 15) is 37.0 Å². The Hall–Kier alpha value is -1.98. The van der Waals surface area contributed by atoms with Gasteiger partial charge in [0.15, 0.2) is 6.61 Å². The summed E-state index contributed by atoms with van der Waals surface area (Å²) in [7, 11) is 0. The van der Waals surface area contributed by atoms with E-state index in [4.69, 9.17) is 5.73 Å². The SMILES string of the molecule is CCOC(=O)C(N)C(O)C(O)CCc1ccc(OCC(F)(F)C(F)(F)F)cc1. The van der Waals surface area contributed by atoms with Crippen molar-refractivity contribution in [3.8, 4) is 5.75 Å². The minimum absolute atomic E-state index is 0.0145. The van der Waals surface area contributed by atoms with Gasteiger partial charge in [-0.2, -0.15) is 22.0 Å². The highest BCUT2D eigenvalue weighted by Crippen LogP contribution is 2.35. The summed E-state index contributed by atoms with van der Waals surface area (Å²) < 4.78 is 71.0. The van der Waals surface area contributed by atoms with Crippen LogP contribution in [0.5, 0.6) is 5.75 Å². The zero-order valence-corrected chi connectivity index (χ0v) is 15.0. The van der Waals surface area contributed by atoms with Gasteiger partial charge in [0.05, 0.1) is 12.7 Å². The first-order chi connectivity index (χ1) is 12.9. The van der Waals surface area contributed by atoms with E-state index < -0.39 is 42.9 Å². The quantitative estimate of drug-likeness (QED) is 0.398. The van der Waals surface area contributed by atoms with E-state index in [1.54, 1.807) is 6.92 Å². The highest BCUT2D eigenvalue weighted by molar-refractivity contribution is 5.76. The lowest BCUT2D eigenvalue weighted by Gasteiger charge is -2.22. The van der Waals surface area contributed by atoms with Crippen LogP contribution in [0.3, 0.4) is 0 Å². The molecule has 1 aromatic rings. The lowest BCUT2D eigenvalue weighted by molar-refractivity contribution is -0.290. The maximum absolute atomic E-state index is 12.8. The fraction of sp³-hybridized carbons (Fsp3) is 0.588. The third-order valence-electron chi connectivity index (χ3n) is 3.81. The normalized spacial score (nSPS) is 15.6. The number of rotatable bonds is 10. The van der Waals surface area contributed by atoms with Gasteiger partial charge < -0.3 is 25.4 Å². The third-order valence-corrected chi connectivity index (χ3v) is 3.81. The molecule has 0 spiro atoms. The molecule has 1 aromatic carbocycles. The number of ether oxygens (including phenoxy) is 2. The van der Waals surface area contributed by atoms with Crippen LogP contribution >= 0.6 is 0 Å². The highest BCUT2D eigenvalue weighted by atomic mass is 19.4. The average Bonchev–Trinajstić information content (AvgIpc) is 2.63. The monoisotopic (exact) mass is 415 g/mol. The van der Waals surface area contributed by atoms with Crippen LogP contribution in [-0.2, 0) is 16.0 Å². The van der Waals surface area contributed by atoms with Crippen LogP contribution in [-0.4, -0.2) is 59.7 Å². The van der Waals surface area contributed by atoms with Crippen LogP contribution in [0, 0.1) is 0 Å². The van der Waals surface area contributed by atoms with E-state index in [0.29, 0.717) is 5.56 Å². The second-order valence-corrected chi connectivity index (χ2v) is 6.01. The number of benzene rings is 1. The zero-order chi connectivity index (χ0) is 21.5. The fourth-order valence-electron chi connectivity index (χ4n) is 2.11. The Morgan fingerprint density at radius 3 is 2.21 bits per heavy atom. The molecule has 0 aromatic heterocycles. The topological polar surface area (TPSA) is 102 Å². The molecule has 0 radical (unpaired) electrons. The summed E-state index contributed by atoms with van der Waals surface area (Å²) in [6, 6.07) is 3.81. The molecule has 0 bridgehead atoms. The predicted octanol–water partition coefficient (Wildman–Crippen LogP) is 1.81. The van der Waals surface area contributed by atoms with Gasteiger partial charge >= 0.3 is 18.1 Å². The van der Waals surface area contributed by atoms with E-state index in [2.05, 4.69) is 9.47 Å². The molecule has 0 aliphatic carbocycles. The minimum Gasteiger partial charge on any atom is -0.487 e. The van der Waals surface area contributed by atoms with Gasteiger partial charge in [-0.3, -0.25) is 4.79 Å². The van der Waals surface area contributed by atoms with Gasteiger partial charge in [0.25, 0.3) is 0 Å². The number of esters is 1. The lowest BCUT2D eigenvalue weighted by atomic mass is 9.99. The molecule has 0 saturated carbocycles. The van der Waals surface area contributed by atoms with Crippen molar-refractivity contribution < 1.29 is 46.4 Å². The van der Waals surface area contributed by atoms with Gasteiger partial charge in [-0.05, 0) is 37.5 Å². The number of alkyl halides is 5. The second kappa shape index (κ2) is 9.99. The van der Waals surface area contributed by atoms with Gasteiger partial charge in [0.2, 0.25) is 0 Å². The van der Waals surface area contributed by atoms with Crippen molar-refractivity contribution in [1.29, 1.82) is 0 Å². The maximum atomic E-state index is 12.8. The number of aryl methyl sites for hydroxylation is 1. The molecule has 0 fully saturated rings. The Morgan fingerprint density at radius 2 is 1.71 bits per heavy atom. The summed E-state index contributed by atoms with van der Waals surface area (Å²) in [4.78, 5) is 11.4. The number of nitrogens with two attached hydrogens (primary N) is 1. The standard InChI is InChI=1S/C17H22F5NO5/c1-2-27-15(26)13(23)14(25)12(24)8-5-10-3-6-11(7-4-10)28-9-16(18,19)17(20,21)22/h3-4,6-7,12-14,24-25H,2,5,8-9,23H2,1H3. The molecule has 4 N–H and O–H groups in total. The number of aliphatic hydroxyl groups excluding tert-OH is 2. The van der Waals surface area contributed by atoms with E-state index in [-0.39, 0.29) is 25.2 Å². The van der Waals surface area contributed by atoms with Gasteiger partial charge in [0, 0.05) is 0 Å². The van der Waals surface area contributed by atoms with E-state index in [1.807, 2.05) is 0 Å². The summed E-state index contributed by atoms with van der Waals surface area (Å²) in [5, 5.41) is 19.8. The molecule has 1 rings (SSSR count). The minimum atomic E-state index is -5.70. The maximum Gasteiger partial charge on any atom is 0.456 e. The third kappa shape index (κ3) is 6.88. The first kappa shape index (κ1) is 24.1. The first-order valence-electron chi connectivity index (χ1n) is 8.33. The van der Waals surface area contributed by atoms with Crippen LogP contribution in [0.1, 0.15) is 18.9 Å². The Morgan fingerprint density at radius 1 is 1.14 bits per heavy atom. The average molecular weight is 415 g/mol. The second-order valence-electron chi connectivity index (χ2n) is 6.01.